The number of carboxylic acid groups (broad SMARTS) is 1. The molecule has 2 aromatic carbocycles. The molecule has 0 aliphatic carbocycles. The fourth-order valence-corrected chi connectivity index (χ4v) is 6.07. The van der Waals surface area contributed by atoms with Crippen molar-refractivity contribution in [3.8, 4) is 34.0 Å². The number of carboxylic acids is 1. The maximum absolute atomic E-state index is 14.4. The molecule has 4 aromatic rings. The van der Waals surface area contributed by atoms with Crippen LogP contribution in [-0.2, 0) is 42.1 Å². The molecule has 2 aliphatic rings. The molecule has 0 amide bonds. The largest absolute Gasteiger partial charge is 0.476 e. The number of aliphatic carboxylic acids is 1. The minimum absolute atomic E-state index is 0.0124. The normalized spacial score (nSPS) is 15.5. The van der Waals surface area contributed by atoms with Gasteiger partial charge in [0.05, 0.1) is 26.4 Å². The number of esters is 2. The molecule has 0 spiro atoms. The summed E-state index contributed by atoms with van der Waals surface area (Å²) in [5.74, 6) is -7.25. The first-order chi connectivity index (χ1) is 29.6. The zero-order chi connectivity index (χ0) is 46.8. The van der Waals surface area contributed by atoms with Crippen molar-refractivity contribution >= 4 is 28.1 Å². The highest BCUT2D eigenvalue weighted by Gasteiger charge is 2.54. The smallest absolute Gasteiger partial charge is 0.470 e. The zero-order valence-electron chi connectivity index (χ0n) is 32.7. The molecule has 2 aliphatic heterocycles. The number of carbonyl (C=O) groups excluding carboxylic acids is 2. The number of ether oxygens (including phenoxy) is 5. The number of nitrogens with zero attached hydrogens (tertiary/aromatic N) is 2. The molecular weight excluding hydrogens is 891 g/mol. The summed E-state index contributed by atoms with van der Waals surface area (Å²) < 4.78 is 158. The molecular formula is C39H35F9N2O12S. The molecule has 2 N–H and O–H groups in total. The fourth-order valence-electron chi connectivity index (χ4n) is 5.86. The third-order valence-corrected chi connectivity index (χ3v) is 9.53. The van der Waals surface area contributed by atoms with Gasteiger partial charge in [-0.3, -0.25) is 0 Å². The average molecular weight is 927 g/mol. The number of pyridine rings is 2. The van der Waals surface area contributed by atoms with Crippen molar-refractivity contribution in [2.75, 3.05) is 26.4 Å². The Kier molecular flexibility index (Phi) is 16.8. The van der Waals surface area contributed by atoms with Crippen molar-refractivity contribution in [1.29, 1.82) is 0 Å². The number of aromatic nitrogens is 2. The van der Waals surface area contributed by atoms with E-state index < -0.39 is 75.5 Å². The predicted molar refractivity (Wildman–Crippen MR) is 198 cm³/mol. The molecule has 0 fully saturated rings. The van der Waals surface area contributed by atoms with E-state index in [4.69, 9.17) is 24.1 Å². The lowest BCUT2D eigenvalue weighted by atomic mass is 9.94. The lowest BCUT2D eigenvalue weighted by molar-refractivity contribution is -0.154. The van der Waals surface area contributed by atoms with Gasteiger partial charge in [0.1, 0.15) is 35.5 Å². The highest BCUT2D eigenvalue weighted by molar-refractivity contribution is 7.88. The molecule has 0 saturated heterocycles. The molecule has 2 aromatic heterocycles. The number of aliphatic hydroxyl groups is 1. The van der Waals surface area contributed by atoms with Gasteiger partial charge in [-0.05, 0) is 87.1 Å². The van der Waals surface area contributed by atoms with E-state index in [0.29, 0.717) is 47.9 Å². The number of alkyl halides is 4. The topological polar surface area (TPSA) is 198 Å². The summed E-state index contributed by atoms with van der Waals surface area (Å²) in [4.78, 5) is 41.8. The molecule has 6 rings (SSSR count). The van der Waals surface area contributed by atoms with E-state index in [9.17, 15) is 66.9 Å². The summed E-state index contributed by atoms with van der Waals surface area (Å²) in [6.07, 6.45) is 0.536. The van der Waals surface area contributed by atoms with Crippen LogP contribution >= 0.6 is 0 Å². The first kappa shape index (κ1) is 49.6. The Balaban J connectivity index is 0.000000229. The van der Waals surface area contributed by atoms with Crippen LogP contribution in [0, 0.1) is 23.3 Å². The summed E-state index contributed by atoms with van der Waals surface area (Å²) in [7, 11) is -6.33. The third-order valence-electron chi connectivity index (χ3n) is 8.74. The predicted octanol–water partition coefficient (Wildman–Crippen LogP) is 6.99. The van der Waals surface area contributed by atoms with Crippen LogP contribution in [0.1, 0.15) is 58.8 Å². The van der Waals surface area contributed by atoms with Crippen molar-refractivity contribution in [2.45, 2.75) is 63.6 Å². The number of carbonyl (C=O) groups is 3. The molecule has 14 nitrogen and oxygen atoms in total. The van der Waals surface area contributed by atoms with Crippen molar-refractivity contribution in [1.82, 2.24) is 9.97 Å². The standard InChI is InChI=1S/C19H17F4NO4.C18H17F2NO4.C2HF3O4S/c1-2-26-18(25)16-8-14(12-5-3-10(20)7-15(12)21)13-6-4-11(9-27-19(22)23)28-17(13)24-16;1-2-24-18(23)16-8-14(12-5-3-10(19)7-15(12)20)13-6-4-11(9-22)25-17(13)21-16;3-2(4,1(6)7)10(5,8)9/h3,5,7-8,11,19H,2,4,6,9H2,1H3;3,5,7-8,11,22H,2,4,6,9H2,1H3;(H,6,7). The monoisotopic (exact) mass is 926 g/mol. The fraction of sp³-hybridized carbons (Fsp3) is 0.359. The number of benzene rings is 2. The minimum atomic E-state index is -6.33. The molecule has 0 bridgehead atoms. The highest BCUT2D eigenvalue weighted by atomic mass is 32.3. The first-order valence-corrected chi connectivity index (χ1v) is 19.7. The molecule has 2 atom stereocenters. The number of aliphatic hydroxyl groups excluding tert-OH is 1. The summed E-state index contributed by atoms with van der Waals surface area (Å²) in [5, 5.41) is 11.4. The van der Waals surface area contributed by atoms with Gasteiger partial charge in [-0.25, -0.2) is 41.9 Å². The van der Waals surface area contributed by atoms with E-state index >= 15 is 0 Å². The second kappa shape index (κ2) is 21.4. The van der Waals surface area contributed by atoms with E-state index in [1.54, 1.807) is 13.8 Å². The molecule has 0 saturated carbocycles. The van der Waals surface area contributed by atoms with Crippen molar-refractivity contribution in [3.63, 3.8) is 0 Å². The molecule has 2 unspecified atom stereocenters. The summed E-state index contributed by atoms with van der Waals surface area (Å²) in [6, 6.07) is 9.10. The van der Waals surface area contributed by atoms with Gasteiger partial charge in [-0.2, -0.15) is 26.0 Å². The molecule has 342 valence electrons. The average Bonchev–Trinajstić information content (AvgIpc) is 3.22. The number of halogens is 9. The van der Waals surface area contributed by atoms with Gasteiger partial charge in [0.15, 0.2) is 11.4 Å². The Hall–Kier alpha value is -6.01. The van der Waals surface area contributed by atoms with Crippen molar-refractivity contribution < 1.29 is 95.7 Å². The second-order valence-corrected chi connectivity index (χ2v) is 14.3. The van der Waals surface area contributed by atoms with E-state index in [1.807, 2.05) is 0 Å². The van der Waals surface area contributed by atoms with Crippen molar-refractivity contribution in [3.05, 3.63) is 94.3 Å². The maximum atomic E-state index is 14.4. The first-order valence-electron chi connectivity index (χ1n) is 18.3. The van der Waals surface area contributed by atoms with E-state index in [-0.39, 0.29) is 60.7 Å². The number of rotatable bonds is 12. The lowest BCUT2D eigenvalue weighted by Crippen LogP contribution is -2.34. The molecule has 4 heterocycles. The quantitative estimate of drug-likeness (QED) is 0.0838. The SMILES string of the molecule is CCOC(=O)c1cc(-c2ccc(F)cc2F)c2c(n1)OC(CO)CC2.CCOC(=O)c1cc(-c2ccc(F)cc2F)c2c(n1)OC(COC(F)F)CC2.O=C(O)C(F)(F)S(=O)(=O)F. The summed E-state index contributed by atoms with van der Waals surface area (Å²) in [5.41, 5.74) is 1.87. The van der Waals surface area contributed by atoms with Crippen LogP contribution in [0.3, 0.4) is 0 Å². The van der Waals surface area contributed by atoms with Gasteiger partial charge in [-0.1, -0.05) is 3.89 Å². The van der Waals surface area contributed by atoms with Gasteiger partial charge < -0.3 is 33.9 Å². The van der Waals surface area contributed by atoms with Gasteiger partial charge in [0, 0.05) is 34.4 Å². The number of fused-ring (bicyclic) bond motifs is 2. The van der Waals surface area contributed by atoms with Crippen LogP contribution in [0.5, 0.6) is 11.8 Å². The van der Waals surface area contributed by atoms with E-state index in [1.165, 1.54) is 24.3 Å². The minimum Gasteiger partial charge on any atom is -0.476 e. The van der Waals surface area contributed by atoms with Crippen LogP contribution in [-0.4, -0.2) is 97.0 Å². The Bertz CT molecular complexity index is 2430. The summed E-state index contributed by atoms with van der Waals surface area (Å²) >= 11 is 0. The van der Waals surface area contributed by atoms with Crippen LogP contribution in [0.25, 0.3) is 22.3 Å². The van der Waals surface area contributed by atoms with Crippen LogP contribution in [0.4, 0.5) is 39.0 Å². The molecule has 63 heavy (non-hydrogen) atoms. The molecule has 0 radical (unpaired) electrons. The van der Waals surface area contributed by atoms with E-state index in [2.05, 4.69) is 14.7 Å². The Labute approximate surface area is 351 Å². The van der Waals surface area contributed by atoms with Crippen LogP contribution in [0.2, 0.25) is 0 Å². The van der Waals surface area contributed by atoms with Crippen LogP contribution in [0.15, 0.2) is 48.5 Å². The Morgan fingerprint density at radius 3 is 1.54 bits per heavy atom. The summed E-state index contributed by atoms with van der Waals surface area (Å²) in [6.45, 7) is 0.0581. The third kappa shape index (κ3) is 12.6. The number of hydrogen-bond acceptors (Lipinski definition) is 13. The Morgan fingerprint density at radius 2 is 1.19 bits per heavy atom. The van der Waals surface area contributed by atoms with Gasteiger partial charge >= 0.3 is 40.0 Å². The Morgan fingerprint density at radius 1 is 0.762 bits per heavy atom. The number of hydrogen-bond donors (Lipinski definition) is 2. The van der Waals surface area contributed by atoms with Crippen molar-refractivity contribution in [2.24, 2.45) is 0 Å². The second-order valence-electron chi connectivity index (χ2n) is 13.0. The maximum Gasteiger partial charge on any atom is 0.470 e. The van der Waals surface area contributed by atoms with Gasteiger partial charge in [-0.15, -0.1) is 0 Å². The van der Waals surface area contributed by atoms with Gasteiger partial charge in [0.2, 0.25) is 11.8 Å². The molecule has 24 heteroatoms. The van der Waals surface area contributed by atoms with Crippen LogP contribution < -0.4 is 9.47 Å². The lowest BCUT2D eigenvalue weighted by Gasteiger charge is -2.27. The zero-order valence-corrected chi connectivity index (χ0v) is 33.5. The van der Waals surface area contributed by atoms with E-state index in [0.717, 1.165) is 24.3 Å². The van der Waals surface area contributed by atoms with Gasteiger partial charge in [0.25, 0.3) is 0 Å². The highest BCUT2D eigenvalue weighted by Crippen LogP contribution is 2.38.